The highest BCUT2D eigenvalue weighted by molar-refractivity contribution is 9.10. The van der Waals surface area contributed by atoms with Crippen LogP contribution in [0.5, 0.6) is 5.75 Å². The number of anilines is 1. The molecule has 4 aromatic rings. The molecular weight excluding hydrogens is 428 g/mol. The number of nitrogens with zero attached hydrogens (tertiary/aromatic N) is 3. The van der Waals surface area contributed by atoms with E-state index in [9.17, 15) is 5.11 Å². The summed E-state index contributed by atoms with van der Waals surface area (Å²) in [7, 11) is 0. The predicted octanol–water partition coefficient (Wildman–Crippen LogP) is 5.35. The summed E-state index contributed by atoms with van der Waals surface area (Å²) in [5.74, 6) is 0.748. The van der Waals surface area contributed by atoms with Gasteiger partial charge in [0.1, 0.15) is 17.1 Å². The van der Waals surface area contributed by atoms with E-state index in [0.717, 1.165) is 10.0 Å². The first-order valence-corrected chi connectivity index (χ1v) is 9.34. The van der Waals surface area contributed by atoms with Crippen LogP contribution >= 0.6 is 27.5 Å². The second-order valence-corrected chi connectivity index (χ2v) is 7.24. The van der Waals surface area contributed by atoms with Gasteiger partial charge in [-0.1, -0.05) is 11.6 Å². The van der Waals surface area contributed by atoms with Crippen LogP contribution in [0.2, 0.25) is 5.02 Å². The van der Waals surface area contributed by atoms with E-state index in [1.165, 1.54) is 0 Å². The Morgan fingerprint density at radius 1 is 1.04 bits per heavy atom. The molecule has 5 nitrogen and oxygen atoms in total. The van der Waals surface area contributed by atoms with Crippen molar-refractivity contribution >= 4 is 44.3 Å². The molecule has 0 spiro atoms. The van der Waals surface area contributed by atoms with Gasteiger partial charge in [-0.2, -0.15) is 0 Å². The van der Waals surface area contributed by atoms with E-state index in [4.69, 9.17) is 11.6 Å². The molecule has 7 heteroatoms. The Kier molecular flexibility index (Phi) is 4.92. The quantitative estimate of drug-likeness (QED) is 0.447. The van der Waals surface area contributed by atoms with Gasteiger partial charge in [-0.25, -0.2) is 4.98 Å². The van der Waals surface area contributed by atoms with E-state index in [-0.39, 0.29) is 11.8 Å². The summed E-state index contributed by atoms with van der Waals surface area (Å²) in [4.78, 5) is 12.8. The molecule has 3 aromatic heterocycles. The van der Waals surface area contributed by atoms with Crippen LogP contribution in [0, 0.1) is 0 Å². The molecule has 0 bridgehead atoms. The number of hydrogen-bond donors (Lipinski definition) is 2. The lowest BCUT2D eigenvalue weighted by molar-refractivity contribution is 0.471. The number of hydrogen-bond acceptors (Lipinski definition) is 5. The fourth-order valence-corrected chi connectivity index (χ4v) is 3.44. The van der Waals surface area contributed by atoms with Gasteiger partial charge in [0.15, 0.2) is 0 Å². The standard InChI is InChI=1S/C20H14BrClN4O/c21-13-3-4-17(25-11-13)26-18(12-5-8-23-9-6-12)15-10-16(22)14-2-1-7-24-19(14)20(15)27/h1-11,18,27H,(H,25,26). The fourth-order valence-electron chi connectivity index (χ4n) is 2.93. The summed E-state index contributed by atoms with van der Waals surface area (Å²) in [5.41, 5.74) is 1.99. The van der Waals surface area contributed by atoms with Gasteiger partial charge >= 0.3 is 0 Å². The first kappa shape index (κ1) is 17.7. The lowest BCUT2D eigenvalue weighted by atomic mass is 9.97. The Labute approximate surface area is 169 Å². The maximum Gasteiger partial charge on any atom is 0.147 e. The molecule has 0 amide bonds. The molecule has 1 atom stereocenters. The average molecular weight is 442 g/mol. The number of aromatic nitrogens is 3. The smallest absolute Gasteiger partial charge is 0.147 e. The lowest BCUT2D eigenvalue weighted by Crippen LogP contribution is -2.14. The number of phenols is 1. The number of phenolic OH excluding ortho intramolecular Hbond substituents is 1. The highest BCUT2D eigenvalue weighted by Crippen LogP contribution is 2.39. The first-order valence-electron chi connectivity index (χ1n) is 8.17. The van der Waals surface area contributed by atoms with Gasteiger partial charge in [0, 0.05) is 40.2 Å². The predicted molar refractivity (Wildman–Crippen MR) is 110 cm³/mol. The summed E-state index contributed by atoms with van der Waals surface area (Å²) in [6.07, 6.45) is 6.75. The van der Waals surface area contributed by atoms with E-state index >= 15 is 0 Å². The third-order valence-electron chi connectivity index (χ3n) is 4.22. The maximum atomic E-state index is 10.9. The molecule has 0 aliphatic carbocycles. The summed E-state index contributed by atoms with van der Waals surface area (Å²) in [5, 5.41) is 15.5. The number of fused-ring (bicyclic) bond motifs is 1. The van der Waals surface area contributed by atoms with E-state index in [2.05, 4.69) is 36.2 Å². The van der Waals surface area contributed by atoms with Crippen molar-refractivity contribution in [3.05, 3.63) is 87.9 Å². The maximum absolute atomic E-state index is 10.9. The molecule has 0 radical (unpaired) electrons. The minimum Gasteiger partial charge on any atom is -0.505 e. The van der Waals surface area contributed by atoms with Gasteiger partial charge in [0.2, 0.25) is 0 Å². The van der Waals surface area contributed by atoms with E-state index in [0.29, 0.717) is 27.3 Å². The van der Waals surface area contributed by atoms with Crippen molar-refractivity contribution in [3.8, 4) is 5.75 Å². The van der Waals surface area contributed by atoms with Crippen molar-refractivity contribution in [1.29, 1.82) is 0 Å². The number of benzene rings is 1. The molecule has 134 valence electrons. The van der Waals surface area contributed by atoms with Gasteiger partial charge in [-0.05, 0) is 64.0 Å². The first-order chi connectivity index (χ1) is 13.1. The third-order valence-corrected chi connectivity index (χ3v) is 5.00. The zero-order chi connectivity index (χ0) is 18.8. The number of rotatable bonds is 4. The van der Waals surface area contributed by atoms with Crippen molar-refractivity contribution in [2.24, 2.45) is 0 Å². The van der Waals surface area contributed by atoms with Crippen LogP contribution < -0.4 is 5.32 Å². The van der Waals surface area contributed by atoms with Crippen molar-refractivity contribution in [2.75, 3.05) is 5.32 Å². The van der Waals surface area contributed by atoms with Crippen molar-refractivity contribution in [2.45, 2.75) is 6.04 Å². The van der Waals surface area contributed by atoms with Crippen LogP contribution in [-0.2, 0) is 0 Å². The van der Waals surface area contributed by atoms with Crippen LogP contribution in [0.3, 0.4) is 0 Å². The Bertz CT molecular complexity index is 1090. The Morgan fingerprint density at radius 3 is 2.59 bits per heavy atom. The average Bonchev–Trinajstić information content (AvgIpc) is 2.71. The second kappa shape index (κ2) is 7.50. The molecule has 2 N–H and O–H groups in total. The molecule has 3 heterocycles. The summed E-state index contributed by atoms with van der Waals surface area (Å²) >= 11 is 9.86. The molecule has 0 saturated heterocycles. The van der Waals surface area contributed by atoms with Gasteiger partial charge in [0.05, 0.1) is 11.1 Å². The molecule has 0 aliphatic rings. The highest BCUT2D eigenvalue weighted by Gasteiger charge is 2.22. The molecule has 4 rings (SSSR count). The molecule has 27 heavy (non-hydrogen) atoms. The number of pyridine rings is 3. The Hall–Kier alpha value is -2.70. The van der Waals surface area contributed by atoms with E-state index in [1.54, 1.807) is 36.9 Å². The molecule has 0 saturated carbocycles. The number of nitrogens with one attached hydrogen (secondary N) is 1. The molecule has 0 fully saturated rings. The summed E-state index contributed by atoms with van der Waals surface area (Å²) in [6.45, 7) is 0. The number of aromatic hydroxyl groups is 1. The highest BCUT2D eigenvalue weighted by atomic mass is 79.9. The van der Waals surface area contributed by atoms with Crippen LogP contribution in [0.15, 0.2) is 71.7 Å². The van der Waals surface area contributed by atoms with Crippen molar-refractivity contribution < 1.29 is 5.11 Å². The Morgan fingerprint density at radius 2 is 1.85 bits per heavy atom. The fraction of sp³-hybridized carbons (Fsp3) is 0.0500. The van der Waals surface area contributed by atoms with Gasteiger partial charge in [-0.15, -0.1) is 0 Å². The van der Waals surface area contributed by atoms with E-state index in [1.807, 2.05) is 30.3 Å². The van der Waals surface area contributed by atoms with Crippen LogP contribution in [0.1, 0.15) is 17.2 Å². The molecular formula is C20H14BrClN4O. The zero-order valence-electron chi connectivity index (χ0n) is 14.0. The summed E-state index contributed by atoms with van der Waals surface area (Å²) < 4.78 is 0.884. The summed E-state index contributed by atoms with van der Waals surface area (Å²) in [6, 6.07) is 12.5. The monoisotopic (exact) mass is 440 g/mol. The molecule has 1 aromatic carbocycles. The largest absolute Gasteiger partial charge is 0.505 e. The molecule has 1 unspecified atom stereocenters. The van der Waals surface area contributed by atoms with Gasteiger partial charge in [0.25, 0.3) is 0 Å². The zero-order valence-corrected chi connectivity index (χ0v) is 16.3. The normalized spacial score (nSPS) is 12.1. The Balaban J connectivity index is 1.87. The van der Waals surface area contributed by atoms with E-state index < -0.39 is 0 Å². The minimum absolute atomic E-state index is 0.0847. The second-order valence-electron chi connectivity index (χ2n) is 5.92. The minimum atomic E-state index is -0.384. The van der Waals surface area contributed by atoms with Gasteiger partial charge < -0.3 is 10.4 Å². The SMILES string of the molecule is Oc1c(C(Nc2ccc(Br)cn2)c2ccncc2)cc(Cl)c2cccnc12. The third kappa shape index (κ3) is 3.59. The number of halogens is 2. The topological polar surface area (TPSA) is 70.9 Å². The van der Waals surface area contributed by atoms with Crippen LogP contribution in [-0.4, -0.2) is 20.1 Å². The lowest BCUT2D eigenvalue weighted by Gasteiger charge is -2.22. The van der Waals surface area contributed by atoms with Crippen LogP contribution in [0.25, 0.3) is 10.9 Å². The molecule has 0 aliphatic heterocycles. The van der Waals surface area contributed by atoms with Crippen molar-refractivity contribution in [3.63, 3.8) is 0 Å². The van der Waals surface area contributed by atoms with Gasteiger partial charge in [-0.3, -0.25) is 9.97 Å². The van der Waals surface area contributed by atoms with Crippen LogP contribution in [0.4, 0.5) is 5.82 Å². The van der Waals surface area contributed by atoms with Crippen molar-refractivity contribution in [1.82, 2.24) is 15.0 Å².